The van der Waals surface area contributed by atoms with Crippen molar-refractivity contribution in [1.29, 1.82) is 0 Å². The van der Waals surface area contributed by atoms with E-state index < -0.39 is 17.7 Å². The Kier molecular flexibility index (Phi) is 4.97. The largest absolute Gasteiger partial charge is 0.323 e. The highest BCUT2D eigenvalue weighted by Crippen LogP contribution is 2.39. The second-order valence-corrected chi connectivity index (χ2v) is 7.82. The molecule has 0 radical (unpaired) electrons. The van der Waals surface area contributed by atoms with Gasteiger partial charge in [0.05, 0.1) is 4.47 Å². The topological polar surface area (TPSA) is 26.0 Å². The molecule has 0 amide bonds. The number of rotatable bonds is 2. The summed E-state index contributed by atoms with van der Waals surface area (Å²) in [5.74, 6) is 0.904. The fourth-order valence-corrected chi connectivity index (χ4v) is 5.26. The highest BCUT2D eigenvalue weighted by molar-refractivity contribution is 9.10. The summed E-state index contributed by atoms with van der Waals surface area (Å²) >= 11 is 6.59. The Morgan fingerprint density at radius 1 is 1.33 bits per heavy atom. The van der Waals surface area contributed by atoms with Gasteiger partial charge in [0.25, 0.3) is 0 Å². The first kappa shape index (κ1) is 14.6. The molecule has 100 valence electrons. The quantitative estimate of drug-likeness (QED) is 0.814. The molecule has 1 aromatic rings. The maximum absolute atomic E-state index is 14.0. The standard InChI is InChI=1S/C12H14BrF2NS2/c1-6-12(18-5-4-17-6)11(16)9-8(14)3-2-7(13)10(9)15/h2-3,6,11-12H,4-5,16H2,1H3. The van der Waals surface area contributed by atoms with E-state index in [2.05, 4.69) is 22.9 Å². The van der Waals surface area contributed by atoms with Gasteiger partial charge in [-0.15, -0.1) is 0 Å². The summed E-state index contributed by atoms with van der Waals surface area (Å²) in [7, 11) is 0. The van der Waals surface area contributed by atoms with Crippen molar-refractivity contribution in [3.8, 4) is 0 Å². The number of benzene rings is 1. The van der Waals surface area contributed by atoms with Crippen LogP contribution in [0.3, 0.4) is 0 Å². The summed E-state index contributed by atoms with van der Waals surface area (Å²) in [5, 5.41) is 0.346. The highest BCUT2D eigenvalue weighted by Gasteiger charge is 2.32. The normalized spacial score (nSPS) is 26.1. The van der Waals surface area contributed by atoms with E-state index >= 15 is 0 Å². The van der Waals surface area contributed by atoms with Gasteiger partial charge in [-0.2, -0.15) is 23.5 Å². The van der Waals surface area contributed by atoms with Gasteiger partial charge in [-0.05, 0) is 28.1 Å². The lowest BCUT2D eigenvalue weighted by atomic mass is 10.0. The molecule has 0 aromatic heterocycles. The Morgan fingerprint density at radius 3 is 2.67 bits per heavy atom. The van der Waals surface area contributed by atoms with E-state index in [1.807, 2.05) is 11.8 Å². The number of hydrogen-bond donors (Lipinski definition) is 1. The Balaban J connectivity index is 2.33. The smallest absolute Gasteiger partial charge is 0.145 e. The van der Waals surface area contributed by atoms with Crippen LogP contribution >= 0.6 is 39.5 Å². The van der Waals surface area contributed by atoms with Crippen LogP contribution in [0.4, 0.5) is 8.78 Å². The summed E-state index contributed by atoms with van der Waals surface area (Å²) < 4.78 is 28.1. The Morgan fingerprint density at radius 2 is 2.00 bits per heavy atom. The van der Waals surface area contributed by atoms with Gasteiger partial charge >= 0.3 is 0 Å². The first-order valence-corrected chi connectivity index (χ1v) is 8.53. The summed E-state index contributed by atoms with van der Waals surface area (Å²) in [5.41, 5.74) is 6.09. The second-order valence-electron chi connectivity index (χ2n) is 4.19. The van der Waals surface area contributed by atoms with Crippen molar-refractivity contribution < 1.29 is 8.78 Å². The molecular formula is C12H14BrF2NS2. The lowest BCUT2D eigenvalue weighted by Gasteiger charge is -2.32. The number of hydrogen-bond acceptors (Lipinski definition) is 3. The van der Waals surface area contributed by atoms with Crippen molar-refractivity contribution in [3.05, 3.63) is 33.8 Å². The van der Waals surface area contributed by atoms with Gasteiger partial charge in [0, 0.05) is 33.6 Å². The van der Waals surface area contributed by atoms with Crippen LogP contribution in [0.5, 0.6) is 0 Å². The van der Waals surface area contributed by atoms with Crippen LogP contribution in [0.25, 0.3) is 0 Å². The van der Waals surface area contributed by atoms with E-state index in [1.165, 1.54) is 12.1 Å². The molecule has 0 bridgehead atoms. The summed E-state index contributed by atoms with van der Waals surface area (Å²) in [6.45, 7) is 2.06. The van der Waals surface area contributed by atoms with Gasteiger partial charge in [0.1, 0.15) is 11.6 Å². The molecule has 2 N–H and O–H groups in total. The predicted molar refractivity (Wildman–Crippen MR) is 79.2 cm³/mol. The van der Waals surface area contributed by atoms with Crippen molar-refractivity contribution in [2.45, 2.75) is 23.5 Å². The van der Waals surface area contributed by atoms with Crippen molar-refractivity contribution in [2.75, 3.05) is 11.5 Å². The Hall–Kier alpha value is 0.220. The van der Waals surface area contributed by atoms with Gasteiger partial charge in [-0.3, -0.25) is 0 Å². The first-order chi connectivity index (χ1) is 8.52. The molecule has 2 rings (SSSR count). The molecule has 0 aliphatic carbocycles. The van der Waals surface area contributed by atoms with Crippen LogP contribution in [0.2, 0.25) is 0 Å². The molecule has 0 spiro atoms. The van der Waals surface area contributed by atoms with Gasteiger partial charge in [-0.1, -0.05) is 6.92 Å². The van der Waals surface area contributed by atoms with E-state index in [9.17, 15) is 8.78 Å². The highest BCUT2D eigenvalue weighted by atomic mass is 79.9. The third-order valence-corrected chi connectivity index (χ3v) is 6.83. The molecule has 1 aromatic carbocycles. The van der Waals surface area contributed by atoms with E-state index in [0.29, 0.717) is 5.25 Å². The van der Waals surface area contributed by atoms with Crippen LogP contribution in [-0.4, -0.2) is 22.0 Å². The fraction of sp³-hybridized carbons (Fsp3) is 0.500. The number of nitrogens with two attached hydrogens (primary N) is 1. The Labute approximate surface area is 122 Å². The lowest BCUT2D eigenvalue weighted by molar-refractivity contribution is 0.513. The average molecular weight is 354 g/mol. The number of thioether (sulfide) groups is 2. The van der Waals surface area contributed by atoms with Crippen LogP contribution in [-0.2, 0) is 0 Å². The van der Waals surface area contributed by atoms with E-state index in [0.717, 1.165) is 11.5 Å². The van der Waals surface area contributed by atoms with E-state index in [-0.39, 0.29) is 15.3 Å². The zero-order valence-corrected chi connectivity index (χ0v) is 13.0. The minimum absolute atomic E-state index is 0.00350. The maximum atomic E-state index is 14.0. The van der Waals surface area contributed by atoms with Crippen LogP contribution < -0.4 is 5.73 Å². The first-order valence-electron chi connectivity index (χ1n) is 5.64. The minimum atomic E-state index is -0.615. The predicted octanol–water partition coefficient (Wildman–Crippen LogP) is 3.96. The van der Waals surface area contributed by atoms with Gasteiger partial charge in [0.15, 0.2) is 0 Å². The lowest BCUT2D eigenvalue weighted by Crippen LogP contribution is -2.35. The molecule has 3 atom stereocenters. The fourth-order valence-electron chi connectivity index (χ4n) is 2.06. The van der Waals surface area contributed by atoms with Crippen LogP contribution in [0, 0.1) is 11.6 Å². The second kappa shape index (κ2) is 6.11. The van der Waals surface area contributed by atoms with Crippen LogP contribution in [0.1, 0.15) is 18.5 Å². The molecular weight excluding hydrogens is 340 g/mol. The van der Waals surface area contributed by atoms with Crippen LogP contribution in [0.15, 0.2) is 16.6 Å². The summed E-state index contributed by atoms with van der Waals surface area (Å²) in [4.78, 5) is 0. The van der Waals surface area contributed by atoms with Gasteiger partial charge in [0.2, 0.25) is 0 Å². The molecule has 1 nitrogen and oxygen atoms in total. The third-order valence-electron chi connectivity index (χ3n) is 3.00. The SMILES string of the molecule is CC1SCCSC1C(N)c1c(F)ccc(Br)c1F. The molecule has 1 aliphatic heterocycles. The molecule has 1 fully saturated rings. The van der Waals surface area contributed by atoms with Crippen molar-refractivity contribution in [2.24, 2.45) is 5.73 Å². The molecule has 0 saturated carbocycles. The third kappa shape index (κ3) is 2.86. The summed E-state index contributed by atoms with van der Waals surface area (Å²) in [6, 6.07) is 2.01. The zero-order valence-electron chi connectivity index (χ0n) is 9.83. The maximum Gasteiger partial charge on any atom is 0.145 e. The van der Waals surface area contributed by atoms with Gasteiger partial charge in [-0.25, -0.2) is 8.78 Å². The van der Waals surface area contributed by atoms with E-state index in [1.54, 1.807) is 11.8 Å². The number of halogens is 3. The van der Waals surface area contributed by atoms with Gasteiger partial charge < -0.3 is 5.73 Å². The molecule has 1 saturated heterocycles. The zero-order chi connectivity index (χ0) is 13.3. The molecule has 3 unspecified atom stereocenters. The average Bonchev–Trinajstić information content (AvgIpc) is 2.35. The monoisotopic (exact) mass is 353 g/mol. The summed E-state index contributed by atoms with van der Waals surface area (Å²) in [6.07, 6.45) is 0. The molecule has 1 heterocycles. The molecule has 6 heteroatoms. The minimum Gasteiger partial charge on any atom is -0.323 e. The van der Waals surface area contributed by atoms with Crippen molar-refractivity contribution in [3.63, 3.8) is 0 Å². The molecule has 1 aliphatic rings. The van der Waals surface area contributed by atoms with Crippen molar-refractivity contribution in [1.82, 2.24) is 0 Å². The van der Waals surface area contributed by atoms with Crippen molar-refractivity contribution >= 4 is 39.5 Å². The molecule has 18 heavy (non-hydrogen) atoms. The Bertz CT molecular complexity index is 444. The van der Waals surface area contributed by atoms with E-state index in [4.69, 9.17) is 5.73 Å².